The maximum atomic E-state index is 5.56. The first-order chi connectivity index (χ1) is 6.58. The van der Waals surface area contributed by atoms with E-state index in [-0.39, 0.29) is 5.60 Å². The lowest BCUT2D eigenvalue weighted by Gasteiger charge is -2.30. The van der Waals surface area contributed by atoms with E-state index in [2.05, 4.69) is 19.2 Å². The molecule has 0 aromatic heterocycles. The maximum absolute atomic E-state index is 5.56. The van der Waals surface area contributed by atoms with E-state index in [1.165, 1.54) is 0 Å². The highest BCUT2D eigenvalue weighted by atomic mass is 16.5. The third kappa shape index (κ3) is 5.58. The van der Waals surface area contributed by atoms with Gasteiger partial charge in [0, 0.05) is 20.8 Å². The summed E-state index contributed by atoms with van der Waals surface area (Å²) in [4.78, 5) is 0. The van der Waals surface area contributed by atoms with Crippen molar-refractivity contribution in [3.05, 3.63) is 0 Å². The first kappa shape index (κ1) is 13.9. The van der Waals surface area contributed by atoms with Crippen LogP contribution in [-0.4, -0.2) is 40.0 Å². The Morgan fingerprint density at radius 3 is 2.43 bits per heavy atom. The summed E-state index contributed by atoms with van der Waals surface area (Å²) in [5, 5.41) is 3.15. The molecule has 0 radical (unpaired) electrons. The van der Waals surface area contributed by atoms with Crippen LogP contribution in [0.2, 0.25) is 0 Å². The number of methoxy groups -OCH3 is 2. The van der Waals surface area contributed by atoms with E-state index in [0.717, 1.165) is 26.0 Å². The van der Waals surface area contributed by atoms with Crippen molar-refractivity contribution in [2.24, 2.45) is 5.92 Å². The predicted octanol–water partition coefficient (Wildman–Crippen LogP) is 1.67. The van der Waals surface area contributed by atoms with Crippen molar-refractivity contribution in [2.45, 2.75) is 32.3 Å². The smallest absolute Gasteiger partial charge is 0.0666 e. The van der Waals surface area contributed by atoms with Gasteiger partial charge >= 0.3 is 0 Å². The average Bonchev–Trinajstić information content (AvgIpc) is 2.15. The number of nitrogens with one attached hydrogen (secondary N) is 1. The monoisotopic (exact) mass is 203 g/mol. The molecule has 0 saturated carbocycles. The molecule has 3 nitrogen and oxygen atoms in total. The van der Waals surface area contributed by atoms with Crippen LogP contribution >= 0.6 is 0 Å². The van der Waals surface area contributed by atoms with E-state index >= 15 is 0 Å². The second-order valence-corrected chi connectivity index (χ2v) is 4.27. The van der Waals surface area contributed by atoms with Crippen molar-refractivity contribution in [3.63, 3.8) is 0 Å². The third-order valence-electron chi connectivity index (χ3n) is 2.63. The van der Waals surface area contributed by atoms with Crippen LogP contribution in [0.3, 0.4) is 0 Å². The molecule has 0 spiro atoms. The fourth-order valence-electron chi connectivity index (χ4n) is 1.76. The summed E-state index contributed by atoms with van der Waals surface area (Å²) in [5.74, 6) is 0.543. The van der Waals surface area contributed by atoms with Crippen molar-refractivity contribution in [2.75, 3.05) is 34.4 Å². The van der Waals surface area contributed by atoms with Crippen molar-refractivity contribution >= 4 is 0 Å². The van der Waals surface area contributed by atoms with E-state index in [1.807, 2.05) is 7.05 Å². The molecule has 86 valence electrons. The topological polar surface area (TPSA) is 30.5 Å². The standard InChI is InChI=1S/C11H25NO2/c1-10(9-13-4)8-11(2,14-5)6-7-12-3/h10,12H,6-9H2,1-5H3. The largest absolute Gasteiger partial charge is 0.384 e. The van der Waals surface area contributed by atoms with Gasteiger partial charge in [-0.1, -0.05) is 6.92 Å². The zero-order valence-corrected chi connectivity index (χ0v) is 10.2. The summed E-state index contributed by atoms with van der Waals surface area (Å²) >= 11 is 0. The number of hydrogen-bond acceptors (Lipinski definition) is 3. The molecule has 0 bridgehead atoms. The van der Waals surface area contributed by atoms with Crippen LogP contribution in [0.4, 0.5) is 0 Å². The van der Waals surface area contributed by atoms with Crippen LogP contribution in [0.15, 0.2) is 0 Å². The number of ether oxygens (including phenoxy) is 2. The summed E-state index contributed by atoms with van der Waals surface area (Å²) in [5.41, 5.74) is -0.0268. The second-order valence-electron chi connectivity index (χ2n) is 4.27. The Morgan fingerprint density at radius 2 is 2.00 bits per heavy atom. The molecule has 2 unspecified atom stereocenters. The molecule has 3 heteroatoms. The lowest BCUT2D eigenvalue weighted by molar-refractivity contribution is -0.0261. The van der Waals surface area contributed by atoms with Gasteiger partial charge in [0.05, 0.1) is 5.60 Å². The molecule has 1 N–H and O–H groups in total. The Balaban J connectivity index is 3.96. The van der Waals surface area contributed by atoms with Crippen LogP contribution < -0.4 is 5.32 Å². The van der Waals surface area contributed by atoms with Crippen molar-refractivity contribution < 1.29 is 9.47 Å². The van der Waals surface area contributed by atoms with Gasteiger partial charge in [-0.25, -0.2) is 0 Å². The highest BCUT2D eigenvalue weighted by molar-refractivity contribution is 4.78. The summed E-state index contributed by atoms with van der Waals surface area (Å²) < 4.78 is 10.7. The van der Waals surface area contributed by atoms with E-state index in [1.54, 1.807) is 14.2 Å². The predicted molar refractivity (Wildman–Crippen MR) is 59.6 cm³/mol. The minimum absolute atomic E-state index is 0.0268. The summed E-state index contributed by atoms with van der Waals surface area (Å²) in [6.45, 7) is 6.15. The summed E-state index contributed by atoms with van der Waals surface area (Å²) in [6, 6.07) is 0. The highest BCUT2D eigenvalue weighted by Crippen LogP contribution is 2.23. The molecule has 0 rings (SSSR count). The molecular formula is C11H25NO2. The van der Waals surface area contributed by atoms with Gasteiger partial charge in [-0.05, 0) is 39.3 Å². The Hall–Kier alpha value is -0.120. The van der Waals surface area contributed by atoms with Gasteiger partial charge in [0.1, 0.15) is 0 Å². The lowest BCUT2D eigenvalue weighted by atomic mass is 9.90. The Kier molecular flexibility index (Phi) is 7.15. The normalized spacial score (nSPS) is 17.8. The van der Waals surface area contributed by atoms with Crippen molar-refractivity contribution in [1.29, 1.82) is 0 Å². The van der Waals surface area contributed by atoms with Gasteiger partial charge in [0.2, 0.25) is 0 Å². The van der Waals surface area contributed by atoms with Crippen molar-refractivity contribution in [3.8, 4) is 0 Å². The fourth-order valence-corrected chi connectivity index (χ4v) is 1.76. The van der Waals surface area contributed by atoms with Crippen LogP contribution in [0.1, 0.15) is 26.7 Å². The van der Waals surface area contributed by atoms with Crippen LogP contribution in [0.25, 0.3) is 0 Å². The van der Waals surface area contributed by atoms with Crippen LogP contribution in [0.5, 0.6) is 0 Å². The van der Waals surface area contributed by atoms with Crippen LogP contribution in [-0.2, 0) is 9.47 Å². The zero-order chi connectivity index (χ0) is 11.0. The molecule has 0 heterocycles. The summed E-state index contributed by atoms with van der Waals surface area (Å²) in [6.07, 6.45) is 2.08. The van der Waals surface area contributed by atoms with E-state index < -0.39 is 0 Å². The molecule has 0 aliphatic rings. The molecule has 0 aliphatic heterocycles. The first-order valence-electron chi connectivity index (χ1n) is 5.26. The van der Waals surface area contributed by atoms with Crippen LogP contribution in [0, 0.1) is 5.92 Å². The van der Waals surface area contributed by atoms with Gasteiger partial charge < -0.3 is 14.8 Å². The minimum atomic E-state index is -0.0268. The molecule has 0 amide bonds. The first-order valence-corrected chi connectivity index (χ1v) is 5.26. The SMILES string of the molecule is CNCCC(C)(CC(C)COC)OC. The molecule has 0 aliphatic carbocycles. The van der Waals surface area contributed by atoms with Gasteiger partial charge in [0.25, 0.3) is 0 Å². The van der Waals surface area contributed by atoms with Gasteiger partial charge in [-0.3, -0.25) is 0 Å². The van der Waals surface area contributed by atoms with Gasteiger partial charge in [0.15, 0.2) is 0 Å². The number of hydrogen-bond donors (Lipinski definition) is 1. The lowest BCUT2D eigenvalue weighted by Crippen LogP contribution is -2.34. The second kappa shape index (κ2) is 7.21. The Bertz CT molecular complexity index is 141. The zero-order valence-electron chi connectivity index (χ0n) is 10.2. The molecular weight excluding hydrogens is 178 g/mol. The highest BCUT2D eigenvalue weighted by Gasteiger charge is 2.25. The van der Waals surface area contributed by atoms with E-state index in [9.17, 15) is 0 Å². The molecule has 0 fully saturated rings. The minimum Gasteiger partial charge on any atom is -0.384 e. The van der Waals surface area contributed by atoms with E-state index in [0.29, 0.717) is 5.92 Å². The Labute approximate surface area is 88.2 Å². The Morgan fingerprint density at radius 1 is 1.36 bits per heavy atom. The molecule has 14 heavy (non-hydrogen) atoms. The quantitative estimate of drug-likeness (QED) is 0.651. The van der Waals surface area contributed by atoms with Gasteiger partial charge in [-0.15, -0.1) is 0 Å². The van der Waals surface area contributed by atoms with E-state index in [4.69, 9.17) is 9.47 Å². The molecule has 0 saturated heterocycles. The molecule has 0 aromatic carbocycles. The van der Waals surface area contributed by atoms with Crippen molar-refractivity contribution in [1.82, 2.24) is 5.32 Å². The summed E-state index contributed by atoms with van der Waals surface area (Å²) in [7, 11) is 5.50. The molecule has 0 aromatic rings. The molecule has 2 atom stereocenters. The number of rotatable bonds is 8. The third-order valence-corrected chi connectivity index (χ3v) is 2.63. The average molecular weight is 203 g/mol. The maximum Gasteiger partial charge on any atom is 0.0666 e. The fraction of sp³-hybridized carbons (Fsp3) is 1.00. The van der Waals surface area contributed by atoms with Gasteiger partial charge in [-0.2, -0.15) is 0 Å².